The van der Waals surface area contributed by atoms with Crippen LogP contribution in [-0.4, -0.2) is 58.1 Å². The number of rotatable bonds is 12. The highest BCUT2D eigenvalue weighted by molar-refractivity contribution is 7.89. The van der Waals surface area contributed by atoms with Crippen LogP contribution in [0.1, 0.15) is 56.1 Å². The monoisotopic (exact) mass is 689 g/mol. The number of carbonyl (C=O) groups excluding carboxylic acids is 1. The molecule has 5 rings (SSSR count). The molecule has 3 aromatic carbocycles. The molecule has 254 valence electrons. The molecule has 1 atom stereocenters. The number of nitrogens with two attached hydrogens (primary N) is 1. The van der Waals surface area contributed by atoms with Crippen LogP contribution < -0.4 is 15.2 Å². The molecule has 0 bridgehead atoms. The fourth-order valence-electron chi connectivity index (χ4n) is 6.16. The topological polar surface area (TPSA) is 111 Å². The maximum atomic E-state index is 16.4. The quantitative estimate of drug-likeness (QED) is 0.225. The summed E-state index contributed by atoms with van der Waals surface area (Å²) in [5.74, 6) is -3.95. The summed E-state index contributed by atoms with van der Waals surface area (Å²) in [7, 11) is -3.00. The second-order valence-corrected chi connectivity index (χ2v) is 14.6. The van der Waals surface area contributed by atoms with Gasteiger partial charge in [-0.1, -0.05) is 61.2 Å². The average Bonchev–Trinajstić information content (AvgIpc) is 3.08. The Labute approximate surface area is 280 Å². The average molecular weight is 690 g/mol. The van der Waals surface area contributed by atoms with Gasteiger partial charge in [0.05, 0.1) is 18.1 Å². The normalized spacial score (nSPS) is 17.4. The van der Waals surface area contributed by atoms with E-state index in [0.717, 1.165) is 24.0 Å². The van der Waals surface area contributed by atoms with Crippen molar-refractivity contribution in [3.63, 3.8) is 0 Å². The predicted octanol–water partition coefficient (Wildman–Crippen LogP) is 6.50. The van der Waals surface area contributed by atoms with Crippen LogP contribution in [0.25, 0.3) is 11.1 Å². The number of nitrogens with one attached hydrogen (secondary N) is 1. The molecular formula is C35H42ClF2N3O5S. The zero-order valence-electron chi connectivity index (χ0n) is 26.5. The smallest absolute Gasteiger partial charge is 0.298 e. The number of hydrogen-bond donors (Lipinski definition) is 2. The van der Waals surface area contributed by atoms with Gasteiger partial charge in [-0.3, -0.25) is 4.79 Å². The van der Waals surface area contributed by atoms with Crippen molar-refractivity contribution < 1.29 is 31.5 Å². The largest absolute Gasteiger partial charge is 0.493 e. The second kappa shape index (κ2) is 15.4. The molecule has 47 heavy (non-hydrogen) atoms. The van der Waals surface area contributed by atoms with Crippen molar-refractivity contribution in [3.8, 4) is 16.9 Å². The van der Waals surface area contributed by atoms with Gasteiger partial charge >= 0.3 is 0 Å². The zero-order chi connectivity index (χ0) is 33.6. The lowest BCUT2D eigenvalue weighted by Gasteiger charge is -2.35. The van der Waals surface area contributed by atoms with Crippen molar-refractivity contribution in [3.05, 3.63) is 82.9 Å². The standard InChI is InChI=1S/C35H42ClF2N3O5S/c1-45-23-27-21-26(9-16-32(27)36)25-7-10-28(11-8-25)35(37,38)33(34(42)41-19-17-29(39)18-20-41)40-47(43,44)31-14-12-30(13-15-31)46-22-24-5-3-2-4-6-24/h7-16,21,24,29,33,40H,2-6,17-20,22-23,39H2,1H3. The number of nitrogens with zero attached hydrogens (tertiary/aromatic N) is 1. The Morgan fingerprint density at radius 2 is 1.62 bits per heavy atom. The molecule has 1 saturated heterocycles. The molecular weight excluding hydrogens is 648 g/mol. The van der Waals surface area contributed by atoms with Gasteiger partial charge in [-0.2, -0.15) is 13.5 Å². The first-order chi connectivity index (χ1) is 22.5. The molecule has 3 N–H and O–H groups in total. The predicted molar refractivity (Wildman–Crippen MR) is 178 cm³/mol. The number of amides is 1. The van der Waals surface area contributed by atoms with E-state index in [1.54, 1.807) is 19.2 Å². The Hall–Kier alpha value is -3.09. The summed E-state index contributed by atoms with van der Waals surface area (Å²) in [6.45, 7) is 1.13. The van der Waals surface area contributed by atoms with Crippen molar-refractivity contribution in [2.75, 3.05) is 26.8 Å². The van der Waals surface area contributed by atoms with Crippen molar-refractivity contribution in [1.29, 1.82) is 0 Å². The fourth-order valence-corrected chi connectivity index (χ4v) is 7.52. The summed E-state index contributed by atoms with van der Waals surface area (Å²) < 4.78 is 73.0. The Bertz CT molecular complexity index is 1610. The minimum Gasteiger partial charge on any atom is -0.493 e. The van der Waals surface area contributed by atoms with Crippen LogP contribution >= 0.6 is 11.6 Å². The number of benzene rings is 3. The van der Waals surface area contributed by atoms with E-state index in [4.69, 9.17) is 26.8 Å². The summed E-state index contributed by atoms with van der Waals surface area (Å²) in [6.07, 6.45) is 6.64. The maximum Gasteiger partial charge on any atom is 0.298 e. The number of likely N-dealkylation sites (tertiary alicyclic amines) is 1. The minimum atomic E-state index is -4.54. The highest BCUT2D eigenvalue weighted by Gasteiger charge is 2.50. The lowest BCUT2D eigenvalue weighted by molar-refractivity contribution is -0.145. The van der Waals surface area contributed by atoms with E-state index in [9.17, 15) is 13.2 Å². The van der Waals surface area contributed by atoms with Gasteiger partial charge in [0, 0.05) is 36.8 Å². The van der Waals surface area contributed by atoms with E-state index in [1.165, 1.54) is 72.7 Å². The Morgan fingerprint density at radius 3 is 2.26 bits per heavy atom. The van der Waals surface area contributed by atoms with Crippen LogP contribution in [0.5, 0.6) is 5.75 Å². The Kier molecular flexibility index (Phi) is 11.6. The molecule has 1 saturated carbocycles. The van der Waals surface area contributed by atoms with E-state index in [0.29, 0.717) is 41.7 Å². The number of methoxy groups -OCH3 is 1. The Balaban J connectivity index is 1.38. The van der Waals surface area contributed by atoms with E-state index in [2.05, 4.69) is 4.72 Å². The summed E-state index contributed by atoms with van der Waals surface area (Å²) in [5.41, 5.74) is 7.59. The van der Waals surface area contributed by atoms with Crippen LogP contribution in [0, 0.1) is 5.92 Å². The molecule has 1 heterocycles. The SMILES string of the molecule is COCc1cc(-c2ccc(C(F)(F)C(NS(=O)(=O)c3ccc(OCC4CCCCC4)cc3)C(=O)N3CCC(N)CC3)cc2)ccc1Cl. The molecule has 1 unspecified atom stereocenters. The van der Waals surface area contributed by atoms with Crippen LogP contribution in [0.15, 0.2) is 71.6 Å². The van der Waals surface area contributed by atoms with Crippen molar-refractivity contribution >= 4 is 27.5 Å². The number of ether oxygens (including phenoxy) is 2. The Morgan fingerprint density at radius 1 is 0.979 bits per heavy atom. The summed E-state index contributed by atoms with van der Waals surface area (Å²) in [6, 6.07) is 13.8. The molecule has 12 heteroatoms. The first-order valence-corrected chi connectivity index (χ1v) is 17.9. The highest BCUT2D eigenvalue weighted by atomic mass is 35.5. The fraction of sp³-hybridized carbons (Fsp3) is 0.457. The molecule has 0 aromatic heterocycles. The number of hydrogen-bond acceptors (Lipinski definition) is 6. The van der Waals surface area contributed by atoms with Crippen molar-refractivity contribution in [1.82, 2.24) is 9.62 Å². The maximum absolute atomic E-state index is 16.4. The third-order valence-electron chi connectivity index (χ3n) is 9.03. The molecule has 1 aliphatic carbocycles. The van der Waals surface area contributed by atoms with Crippen molar-refractivity contribution in [2.45, 2.75) is 74.5 Å². The van der Waals surface area contributed by atoms with Gasteiger partial charge in [0.15, 0.2) is 6.04 Å². The van der Waals surface area contributed by atoms with E-state index >= 15 is 8.78 Å². The third-order valence-corrected chi connectivity index (χ3v) is 10.8. The van der Waals surface area contributed by atoms with E-state index in [1.807, 2.05) is 6.07 Å². The lowest BCUT2D eigenvalue weighted by atomic mass is 9.90. The number of sulfonamides is 1. The zero-order valence-corrected chi connectivity index (χ0v) is 28.0. The van der Waals surface area contributed by atoms with E-state index < -0.39 is 33.5 Å². The van der Waals surface area contributed by atoms with Gasteiger partial charge in [0.1, 0.15) is 5.75 Å². The highest BCUT2D eigenvalue weighted by Crippen LogP contribution is 2.36. The number of alkyl halides is 2. The third kappa shape index (κ3) is 8.69. The molecule has 3 aromatic rings. The molecule has 2 aliphatic rings. The molecule has 0 spiro atoms. The van der Waals surface area contributed by atoms with Gasteiger partial charge in [0.25, 0.3) is 5.92 Å². The van der Waals surface area contributed by atoms with E-state index in [-0.39, 0.29) is 30.6 Å². The van der Waals surface area contributed by atoms with Crippen LogP contribution in [0.4, 0.5) is 8.78 Å². The molecule has 2 fully saturated rings. The summed E-state index contributed by atoms with van der Waals surface area (Å²) in [5, 5.41) is 0.521. The molecule has 1 amide bonds. The number of carbonyl (C=O) groups is 1. The summed E-state index contributed by atoms with van der Waals surface area (Å²) >= 11 is 6.25. The van der Waals surface area contributed by atoms with Crippen LogP contribution in [-0.2, 0) is 32.1 Å². The number of halogens is 3. The molecule has 0 radical (unpaired) electrons. The van der Waals surface area contributed by atoms with Gasteiger partial charge in [-0.15, -0.1) is 0 Å². The van der Waals surface area contributed by atoms with Crippen LogP contribution in [0.2, 0.25) is 5.02 Å². The lowest BCUT2D eigenvalue weighted by Crippen LogP contribution is -2.57. The summed E-state index contributed by atoms with van der Waals surface area (Å²) in [4.78, 5) is 14.7. The molecule has 1 aliphatic heterocycles. The minimum absolute atomic E-state index is 0.153. The first kappa shape index (κ1) is 35.2. The van der Waals surface area contributed by atoms with Crippen molar-refractivity contribution in [2.24, 2.45) is 11.7 Å². The number of piperidine rings is 1. The molecule has 8 nitrogen and oxygen atoms in total. The van der Waals surface area contributed by atoms with Gasteiger partial charge in [-0.25, -0.2) is 8.42 Å². The van der Waals surface area contributed by atoms with Gasteiger partial charge < -0.3 is 20.1 Å². The van der Waals surface area contributed by atoms with Crippen LogP contribution in [0.3, 0.4) is 0 Å². The second-order valence-electron chi connectivity index (χ2n) is 12.4. The first-order valence-electron chi connectivity index (χ1n) is 16.0. The van der Waals surface area contributed by atoms with Gasteiger partial charge in [0.2, 0.25) is 15.9 Å². The van der Waals surface area contributed by atoms with Gasteiger partial charge in [-0.05, 0) is 84.7 Å².